The van der Waals surface area contributed by atoms with Crippen LogP contribution in [0.25, 0.3) is 11.0 Å². The Labute approximate surface area is 98.0 Å². The summed E-state index contributed by atoms with van der Waals surface area (Å²) in [5, 5.41) is 0. The average Bonchev–Trinajstić information content (AvgIpc) is 2.55. The van der Waals surface area contributed by atoms with Crippen molar-refractivity contribution in [3.05, 3.63) is 24.0 Å². The van der Waals surface area contributed by atoms with Gasteiger partial charge >= 0.3 is 6.18 Å². The smallest absolute Gasteiger partial charge is 0.399 e. The highest BCUT2D eigenvalue weighted by Crippen LogP contribution is 2.32. The van der Waals surface area contributed by atoms with E-state index in [0.29, 0.717) is 4.57 Å². The van der Waals surface area contributed by atoms with Crippen LogP contribution in [0.3, 0.4) is 0 Å². The fraction of sp³-hybridized carbons (Fsp3) is 0.300. The van der Waals surface area contributed by atoms with Gasteiger partial charge in [0, 0.05) is 5.69 Å². The molecule has 1 heterocycles. The molecule has 1 aromatic carbocycles. The number of halogens is 5. The molecule has 0 unspecified atom stereocenters. The number of imidazole rings is 1. The van der Waals surface area contributed by atoms with Gasteiger partial charge in [-0.3, -0.25) is 0 Å². The van der Waals surface area contributed by atoms with Crippen LogP contribution in [0.4, 0.5) is 27.6 Å². The van der Waals surface area contributed by atoms with Gasteiger partial charge in [0.15, 0.2) is 0 Å². The molecular formula is C10H8F5N3. The molecule has 0 saturated carbocycles. The number of hydrogen-bond acceptors (Lipinski definition) is 2. The summed E-state index contributed by atoms with van der Waals surface area (Å²) in [6.07, 6.45) is -7.69. The van der Waals surface area contributed by atoms with E-state index in [4.69, 9.17) is 5.73 Å². The summed E-state index contributed by atoms with van der Waals surface area (Å²) < 4.78 is 63.2. The van der Waals surface area contributed by atoms with Gasteiger partial charge in [-0.1, -0.05) is 0 Å². The third-order valence-electron chi connectivity index (χ3n) is 2.35. The number of benzene rings is 1. The van der Waals surface area contributed by atoms with Crippen LogP contribution >= 0.6 is 0 Å². The fourth-order valence-corrected chi connectivity index (χ4v) is 1.69. The zero-order valence-electron chi connectivity index (χ0n) is 8.88. The Hall–Kier alpha value is -1.86. The lowest BCUT2D eigenvalue weighted by Crippen LogP contribution is -2.17. The average molecular weight is 265 g/mol. The second-order valence-electron chi connectivity index (χ2n) is 3.68. The normalized spacial score (nSPS) is 12.6. The predicted molar refractivity (Wildman–Crippen MR) is 55.2 cm³/mol. The summed E-state index contributed by atoms with van der Waals surface area (Å²) in [6.45, 7) is -1.06. The summed E-state index contributed by atoms with van der Waals surface area (Å²) in [7, 11) is 0. The van der Waals surface area contributed by atoms with E-state index in [0.717, 1.165) is 0 Å². The zero-order valence-corrected chi connectivity index (χ0v) is 8.88. The first kappa shape index (κ1) is 12.6. The number of alkyl halides is 5. The highest BCUT2D eigenvalue weighted by atomic mass is 19.4. The number of fused-ring (bicyclic) bond motifs is 1. The van der Waals surface area contributed by atoms with Crippen molar-refractivity contribution in [3.63, 3.8) is 0 Å². The molecule has 2 rings (SSSR count). The monoisotopic (exact) mass is 265 g/mol. The summed E-state index contributed by atoms with van der Waals surface area (Å²) in [5.41, 5.74) is 5.57. The molecule has 0 aliphatic rings. The van der Waals surface area contributed by atoms with Crippen LogP contribution in [0.1, 0.15) is 5.82 Å². The van der Waals surface area contributed by atoms with Crippen molar-refractivity contribution in [2.45, 2.75) is 19.1 Å². The van der Waals surface area contributed by atoms with Crippen LogP contribution in [0.5, 0.6) is 0 Å². The van der Waals surface area contributed by atoms with Crippen LogP contribution in [0, 0.1) is 0 Å². The van der Waals surface area contributed by atoms with E-state index in [-0.39, 0.29) is 16.7 Å². The van der Waals surface area contributed by atoms with Gasteiger partial charge in [-0.15, -0.1) is 0 Å². The number of aromatic nitrogens is 2. The van der Waals surface area contributed by atoms with Crippen molar-refractivity contribution >= 4 is 16.7 Å². The number of nitrogen functional groups attached to an aromatic ring is 1. The molecule has 2 aromatic rings. The minimum Gasteiger partial charge on any atom is -0.399 e. The quantitative estimate of drug-likeness (QED) is 0.670. The van der Waals surface area contributed by atoms with Gasteiger partial charge in [-0.05, 0) is 18.2 Å². The Morgan fingerprint density at radius 2 is 1.94 bits per heavy atom. The van der Waals surface area contributed by atoms with Gasteiger partial charge in [0.2, 0.25) is 5.82 Å². The Balaban J connectivity index is 2.68. The minimum absolute atomic E-state index is 0.0168. The maximum atomic E-state index is 12.7. The van der Waals surface area contributed by atoms with Crippen molar-refractivity contribution in [3.8, 4) is 0 Å². The number of nitrogens with zero attached hydrogens (tertiary/aromatic N) is 2. The second kappa shape index (κ2) is 4.11. The van der Waals surface area contributed by atoms with Gasteiger partial charge in [0.1, 0.15) is 0 Å². The predicted octanol–water partition coefficient (Wildman–Crippen LogP) is 2.90. The Morgan fingerprint density at radius 3 is 2.50 bits per heavy atom. The van der Waals surface area contributed by atoms with Crippen molar-refractivity contribution in [2.75, 3.05) is 5.73 Å². The molecule has 3 nitrogen and oxygen atoms in total. The fourth-order valence-electron chi connectivity index (χ4n) is 1.69. The van der Waals surface area contributed by atoms with Gasteiger partial charge in [0.05, 0.1) is 17.6 Å². The topological polar surface area (TPSA) is 43.8 Å². The first-order valence-electron chi connectivity index (χ1n) is 4.90. The lowest BCUT2D eigenvalue weighted by Gasteiger charge is -2.10. The van der Waals surface area contributed by atoms with Gasteiger partial charge in [0.25, 0.3) is 6.43 Å². The van der Waals surface area contributed by atoms with Crippen LogP contribution in [0.15, 0.2) is 18.2 Å². The number of rotatable bonds is 2. The van der Waals surface area contributed by atoms with E-state index in [1.807, 2.05) is 0 Å². The molecule has 0 radical (unpaired) electrons. The van der Waals surface area contributed by atoms with Crippen molar-refractivity contribution < 1.29 is 22.0 Å². The molecule has 0 amide bonds. The summed E-state index contributed by atoms with van der Waals surface area (Å²) in [6, 6.07) is 3.80. The Bertz CT molecular complexity index is 573. The van der Waals surface area contributed by atoms with Crippen molar-refractivity contribution in [2.24, 2.45) is 0 Å². The van der Waals surface area contributed by atoms with Crippen molar-refractivity contribution in [1.29, 1.82) is 0 Å². The molecule has 0 fully saturated rings. The van der Waals surface area contributed by atoms with E-state index in [2.05, 4.69) is 4.98 Å². The van der Waals surface area contributed by atoms with E-state index in [1.54, 1.807) is 0 Å². The van der Waals surface area contributed by atoms with Gasteiger partial charge in [-0.25, -0.2) is 13.8 Å². The maximum absolute atomic E-state index is 12.7. The SMILES string of the molecule is Nc1ccc2c(c1)nc(C(F)(F)F)n2CC(F)F. The molecule has 0 atom stereocenters. The summed E-state index contributed by atoms with van der Waals surface area (Å²) in [5.74, 6) is -1.34. The third kappa shape index (κ3) is 2.22. The van der Waals surface area contributed by atoms with E-state index in [1.165, 1.54) is 18.2 Å². The number of anilines is 1. The van der Waals surface area contributed by atoms with Gasteiger partial charge < -0.3 is 10.3 Å². The molecule has 1 aromatic heterocycles. The van der Waals surface area contributed by atoms with Crippen LogP contribution < -0.4 is 5.73 Å². The number of nitrogens with two attached hydrogens (primary N) is 1. The molecule has 0 spiro atoms. The van der Waals surface area contributed by atoms with E-state index >= 15 is 0 Å². The molecule has 0 aliphatic carbocycles. The minimum atomic E-state index is -4.79. The first-order chi connectivity index (χ1) is 8.29. The van der Waals surface area contributed by atoms with Crippen molar-refractivity contribution in [1.82, 2.24) is 9.55 Å². The van der Waals surface area contributed by atoms with E-state index in [9.17, 15) is 22.0 Å². The third-order valence-corrected chi connectivity index (χ3v) is 2.35. The summed E-state index contributed by atoms with van der Waals surface area (Å²) >= 11 is 0. The van der Waals surface area contributed by atoms with Crippen LogP contribution in [-0.2, 0) is 12.7 Å². The zero-order chi connectivity index (χ0) is 13.5. The molecule has 0 saturated heterocycles. The highest BCUT2D eigenvalue weighted by molar-refractivity contribution is 5.79. The van der Waals surface area contributed by atoms with Gasteiger partial charge in [-0.2, -0.15) is 13.2 Å². The lowest BCUT2D eigenvalue weighted by molar-refractivity contribution is -0.147. The second-order valence-corrected chi connectivity index (χ2v) is 3.68. The highest BCUT2D eigenvalue weighted by Gasteiger charge is 2.38. The van der Waals surface area contributed by atoms with E-state index < -0.39 is 25.0 Å². The molecule has 98 valence electrons. The molecule has 2 N–H and O–H groups in total. The first-order valence-corrected chi connectivity index (χ1v) is 4.90. The molecular weight excluding hydrogens is 257 g/mol. The summed E-state index contributed by atoms with van der Waals surface area (Å²) in [4.78, 5) is 3.32. The van der Waals surface area contributed by atoms with Crippen LogP contribution in [0.2, 0.25) is 0 Å². The maximum Gasteiger partial charge on any atom is 0.449 e. The number of hydrogen-bond donors (Lipinski definition) is 1. The molecule has 18 heavy (non-hydrogen) atoms. The standard InChI is InChI=1S/C10H8F5N3/c11-8(12)4-18-7-2-1-5(16)3-6(7)17-9(18)10(13,14)15/h1-3,8H,4,16H2. The Morgan fingerprint density at radius 1 is 1.28 bits per heavy atom. The molecule has 0 bridgehead atoms. The lowest BCUT2D eigenvalue weighted by atomic mass is 10.3. The Kier molecular flexibility index (Phi) is 2.88. The molecule has 8 heteroatoms. The molecule has 0 aliphatic heterocycles. The van der Waals surface area contributed by atoms with Crippen LogP contribution in [-0.4, -0.2) is 16.0 Å². The largest absolute Gasteiger partial charge is 0.449 e.